The molecule has 0 radical (unpaired) electrons. The van der Waals surface area contributed by atoms with E-state index in [0.29, 0.717) is 25.3 Å². The van der Waals surface area contributed by atoms with E-state index < -0.39 is 0 Å². The molecule has 0 spiro atoms. The lowest BCUT2D eigenvalue weighted by Crippen LogP contribution is -2.36. The lowest BCUT2D eigenvalue weighted by atomic mass is 9.94. The molecule has 0 aliphatic carbocycles. The highest BCUT2D eigenvalue weighted by Gasteiger charge is 2.23. The molecule has 1 aliphatic rings. The van der Waals surface area contributed by atoms with Crippen LogP contribution in [-0.4, -0.2) is 45.1 Å². The van der Waals surface area contributed by atoms with Crippen LogP contribution in [0.5, 0.6) is 5.75 Å². The van der Waals surface area contributed by atoms with Gasteiger partial charge in [-0.25, -0.2) is 0 Å². The Morgan fingerprint density at radius 2 is 2.00 bits per heavy atom. The lowest BCUT2D eigenvalue weighted by molar-refractivity contribution is -0.126. The summed E-state index contributed by atoms with van der Waals surface area (Å²) in [4.78, 5) is 31.9. The van der Waals surface area contributed by atoms with Gasteiger partial charge in [0.1, 0.15) is 11.4 Å². The molecule has 1 aromatic carbocycles. The van der Waals surface area contributed by atoms with E-state index in [1.807, 2.05) is 61.4 Å². The van der Waals surface area contributed by atoms with Gasteiger partial charge in [0.15, 0.2) is 0 Å². The number of hydrogen-bond donors (Lipinski definition) is 1. The second-order valence-corrected chi connectivity index (χ2v) is 8.62. The summed E-state index contributed by atoms with van der Waals surface area (Å²) in [6.07, 6.45) is 6.76. The van der Waals surface area contributed by atoms with Gasteiger partial charge in [0.05, 0.1) is 12.8 Å². The number of ether oxygens (including phenoxy) is 1. The Morgan fingerprint density at radius 1 is 1.23 bits per heavy atom. The molecule has 0 fully saturated rings. The minimum atomic E-state index is -0.159. The monoisotopic (exact) mass is 473 g/mol. The van der Waals surface area contributed by atoms with Crippen molar-refractivity contribution in [1.82, 2.24) is 25.0 Å². The van der Waals surface area contributed by atoms with E-state index >= 15 is 0 Å². The van der Waals surface area contributed by atoms with E-state index in [9.17, 15) is 9.59 Å². The first-order valence-electron chi connectivity index (χ1n) is 11.8. The molecule has 4 rings (SSSR count). The Labute approximate surface area is 205 Å². The molecule has 3 aromatic rings. The summed E-state index contributed by atoms with van der Waals surface area (Å²) in [7, 11) is 3.40. The van der Waals surface area contributed by atoms with Gasteiger partial charge in [-0.05, 0) is 66.3 Å². The zero-order chi connectivity index (χ0) is 24.9. The molecular formula is C27H31N5O3. The minimum Gasteiger partial charge on any atom is -0.497 e. The van der Waals surface area contributed by atoms with Crippen LogP contribution in [0.4, 0.5) is 0 Å². The fraction of sp³-hybridized carbons (Fsp3) is 0.333. The molecule has 8 heteroatoms. The summed E-state index contributed by atoms with van der Waals surface area (Å²) in [6, 6.07) is 9.38. The van der Waals surface area contributed by atoms with Crippen LogP contribution in [0.1, 0.15) is 51.1 Å². The number of nitrogens with zero attached hydrogens (tertiary/aromatic N) is 4. The number of fused-ring (bicyclic) bond motifs is 1. The number of aromatic nitrogens is 3. The molecule has 0 saturated carbocycles. The van der Waals surface area contributed by atoms with Crippen molar-refractivity contribution in [1.29, 1.82) is 0 Å². The third-order valence-corrected chi connectivity index (χ3v) is 6.39. The highest BCUT2D eigenvalue weighted by Crippen LogP contribution is 2.24. The first-order valence-corrected chi connectivity index (χ1v) is 11.8. The number of benzene rings is 1. The molecule has 0 atom stereocenters. The largest absolute Gasteiger partial charge is 0.497 e. The van der Waals surface area contributed by atoms with Gasteiger partial charge in [-0.3, -0.25) is 19.3 Å². The molecule has 2 amide bonds. The van der Waals surface area contributed by atoms with Crippen molar-refractivity contribution in [2.24, 2.45) is 7.05 Å². The summed E-state index contributed by atoms with van der Waals surface area (Å²) in [5.41, 5.74) is 6.46. The van der Waals surface area contributed by atoms with E-state index in [-0.39, 0.29) is 11.8 Å². The van der Waals surface area contributed by atoms with Crippen LogP contribution < -0.4 is 10.1 Å². The van der Waals surface area contributed by atoms with Gasteiger partial charge in [0.2, 0.25) is 5.91 Å². The fourth-order valence-electron chi connectivity index (χ4n) is 4.30. The van der Waals surface area contributed by atoms with Gasteiger partial charge in [-0.2, -0.15) is 5.10 Å². The van der Waals surface area contributed by atoms with Crippen LogP contribution in [0, 0.1) is 6.92 Å². The first-order chi connectivity index (χ1) is 16.9. The number of aryl methyl sites for hydroxylation is 3. The number of nitrogens with one attached hydrogen (secondary N) is 1. The van der Waals surface area contributed by atoms with E-state index in [2.05, 4.69) is 15.4 Å². The molecule has 0 saturated heterocycles. The third-order valence-electron chi connectivity index (χ3n) is 6.39. The van der Waals surface area contributed by atoms with Gasteiger partial charge < -0.3 is 15.0 Å². The number of carbonyl (C=O) groups excluding carboxylic acids is 2. The number of rotatable bonds is 7. The zero-order valence-corrected chi connectivity index (χ0v) is 20.7. The van der Waals surface area contributed by atoms with Crippen molar-refractivity contribution in [3.63, 3.8) is 0 Å². The average molecular weight is 474 g/mol. The molecule has 3 heterocycles. The molecule has 182 valence electrons. The van der Waals surface area contributed by atoms with Crippen molar-refractivity contribution in [3.8, 4) is 5.75 Å². The molecule has 1 N–H and O–H groups in total. The Morgan fingerprint density at radius 3 is 2.69 bits per heavy atom. The molecule has 1 aliphatic heterocycles. The van der Waals surface area contributed by atoms with E-state index in [0.717, 1.165) is 46.7 Å². The Balaban J connectivity index is 1.43. The van der Waals surface area contributed by atoms with Gasteiger partial charge in [-0.1, -0.05) is 19.1 Å². The van der Waals surface area contributed by atoms with Crippen molar-refractivity contribution >= 4 is 17.9 Å². The van der Waals surface area contributed by atoms with Crippen LogP contribution >= 0.6 is 0 Å². The van der Waals surface area contributed by atoms with Crippen molar-refractivity contribution in [2.75, 3.05) is 13.7 Å². The zero-order valence-electron chi connectivity index (χ0n) is 20.7. The summed E-state index contributed by atoms with van der Waals surface area (Å²) < 4.78 is 6.79. The van der Waals surface area contributed by atoms with Crippen LogP contribution in [0.3, 0.4) is 0 Å². The van der Waals surface area contributed by atoms with Gasteiger partial charge in [0.25, 0.3) is 5.91 Å². The van der Waals surface area contributed by atoms with Crippen molar-refractivity contribution in [3.05, 3.63) is 81.9 Å². The number of amides is 2. The van der Waals surface area contributed by atoms with Crippen LogP contribution in [0.2, 0.25) is 0 Å². The normalized spacial score (nSPS) is 13.1. The van der Waals surface area contributed by atoms with Crippen LogP contribution in [-0.2, 0) is 37.8 Å². The second-order valence-electron chi connectivity index (χ2n) is 8.62. The number of methoxy groups -OCH3 is 1. The lowest BCUT2D eigenvalue weighted by Gasteiger charge is -2.30. The highest BCUT2D eigenvalue weighted by atomic mass is 16.5. The minimum absolute atomic E-state index is 0.0372. The summed E-state index contributed by atoms with van der Waals surface area (Å²) >= 11 is 0. The standard InChI is InChI=1S/C27H31N5O3/c1-5-21-14-25(31(3)30-21)27(34)29-16-24-18(2)28-15-20-17-32(13-12-23(20)24)26(33)11-8-19-6-9-22(35-4)10-7-19/h6-11,14-15H,5,12-13,16-17H2,1-4H3,(H,29,34). The SMILES string of the molecule is CCc1cc(C(=O)NCc2c(C)ncc3c2CCN(C(=O)C=Cc2ccc(OC)cc2)C3)n(C)n1. The molecular weight excluding hydrogens is 442 g/mol. The number of hydrogen-bond acceptors (Lipinski definition) is 5. The number of carbonyl (C=O) groups is 2. The van der Waals surface area contributed by atoms with Crippen LogP contribution in [0.15, 0.2) is 42.6 Å². The van der Waals surface area contributed by atoms with Gasteiger partial charge in [0, 0.05) is 44.6 Å². The van der Waals surface area contributed by atoms with E-state index in [1.54, 1.807) is 24.9 Å². The smallest absolute Gasteiger partial charge is 0.269 e. The maximum Gasteiger partial charge on any atom is 0.269 e. The summed E-state index contributed by atoms with van der Waals surface area (Å²) in [5.74, 6) is 0.583. The first kappa shape index (κ1) is 24.2. The van der Waals surface area contributed by atoms with Gasteiger partial charge in [-0.15, -0.1) is 0 Å². The Bertz CT molecular complexity index is 1260. The molecule has 8 nitrogen and oxygen atoms in total. The molecule has 0 unspecified atom stereocenters. The quantitative estimate of drug-likeness (QED) is 0.532. The molecule has 0 bridgehead atoms. The second kappa shape index (κ2) is 10.5. The van der Waals surface area contributed by atoms with Crippen molar-refractivity contribution in [2.45, 2.75) is 39.8 Å². The highest BCUT2D eigenvalue weighted by molar-refractivity contribution is 5.93. The summed E-state index contributed by atoms with van der Waals surface area (Å²) in [5, 5.41) is 7.38. The topological polar surface area (TPSA) is 89.4 Å². The maximum atomic E-state index is 12.8. The van der Waals surface area contributed by atoms with Gasteiger partial charge >= 0.3 is 0 Å². The molecule has 35 heavy (non-hydrogen) atoms. The summed E-state index contributed by atoms with van der Waals surface area (Å²) in [6.45, 7) is 5.47. The van der Waals surface area contributed by atoms with Crippen molar-refractivity contribution < 1.29 is 14.3 Å². The predicted molar refractivity (Wildman–Crippen MR) is 134 cm³/mol. The maximum absolute atomic E-state index is 12.8. The average Bonchev–Trinajstić information content (AvgIpc) is 3.27. The van der Waals surface area contributed by atoms with E-state index in [4.69, 9.17) is 4.74 Å². The van der Waals surface area contributed by atoms with Crippen LogP contribution in [0.25, 0.3) is 6.08 Å². The Hall–Kier alpha value is -3.94. The predicted octanol–water partition coefficient (Wildman–Crippen LogP) is 3.22. The number of pyridine rings is 1. The molecule has 2 aromatic heterocycles. The fourth-order valence-corrected chi connectivity index (χ4v) is 4.30. The van der Waals surface area contributed by atoms with E-state index in [1.165, 1.54) is 5.56 Å². The Kier molecular flexibility index (Phi) is 7.29. The third kappa shape index (κ3) is 5.42.